The van der Waals surface area contributed by atoms with E-state index < -0.39 is 11.6 Å². The van der Waals surface area contributed by atoms with Gasteiger partial charge in [0.25, 0.3) is 0 Å². The Balaban J connectivity index is 2.10. The summed E-state index contributed by atoms with van der Waals surface area (Å²) >= 11 is 11.3. The fourth-order valence-corrected chi connectivity index (χ4v) is 2.09. The van der Waals surface area contributed by atoms with Crippen molar-refractivity contribution in [2.75, 3.05) is 5.32 Å². The van der Waals surface area contributed by atoms with Crippen molar-refractivity contribution >= 4 is 45.6 Å². The molecule has 0 aliphatic carbocycles. The van der Waals surface area contributed by atoms with Gasteiger partial charge in [-0.25, -0.2) is 23.7 Å². The van der Waals surface area contributed by atoms with Crippen LogP contribution in [0.2, 0.25) is 10.2 Å². The smallest absolute Gasteiger partial charge is 0.183 e. The van der Waals surface area contributed by atoms with Crippen LogP contribution in [0.25, 0.3) is 10.9 Å². The van der Waals surface area contributed by atoms with Crippen molar-refractivity contribution in [3.63, 3.8) is 0 Å². The van der Waals surface area contributed by atoms with Crippen LogP contribution >= 0.6 is 23.2 Å². The van der Waals surface area contributed by atoms with Crippen LogP contribution in [0.15, 0.2) is 30.7 Å². The van der Waals surface area contributed by atoms with Crippen molar-refractivity contribution in [2.24, 2.45) is 0 Å². The first-order chi connectivity index (χ1) is 10.1. The maximum absolute atomic E-state index is 13.8. The Morgan fingerprint density at radius 1 is 1.00 bits per heavy atom. The number of pyridine rings is 1. The zero-order valence-electron chi connectivity index (χ0n) is 10.2. The minimum atomic E-state index is -1.13. The summed E-state index contributed by atoms with van der Waals surface area (Å²) in [6, 6.07) is 4.10. The van der Waals surface area contributed by atoms with Gasteiger partial charge in [-0.3, -0.25) is 0 Å². The second kappa shape index (κ2) is 5.38. The quantitative estimate of drug-likeness (QED) is 0.561. The average molecular weight is 327 g/mol. The fourth-order valence-electron chi connectivity index (χ4n) is 1.78. The number of hydrogen-bond donors (Lipinski definition) is 1. The van der Waals surface area contributed by atoms with Crippen molar-refractivity contribution in [1.82, 2.24) is 15.0 Å². The second-order valence-corrected chi connectivity index (χ2v) is 4.89. The summed E-state index contributed by atoms with van der Waals surface area (Å²) < 4.78 is 27.3. The van der Waals surface area contributed by atoms with Crippen LogP contribution in [0.3, 0.4) is 0 Å². The summed E-state index contributed by atoms with van der Waals surface area (Å²) in [6.07, 6.45) is 2.74. The van der Waals surface area contributed by atoms with Gasteiger partial charge in [0, 0.05) is 5.39 Å². The van der Waals surface area contributed by atoms with Crippen LogP contribution < -0.4 is 5.32 Å². The lowest BCUT2D eigenvalue weighted by atomic mass is 10.2. The first-order valence-corrected chi connectivity index (χ1v) is 6.48. The van der Waals surface area contributed by atoms with Crippen molar-refractivity contribution in [1.29, 1.82) is 0 Å². The molecule has 8 heteroatoms. The molecule has 1 N–H and O–H groups in total. The molecule has 3 aromatic rings. The molecular formula is C13H6Cl2F2N4. The van der Waals surface area contributed by atoms with Gasteiger partial charge in [0.05, 0.1) is 22.4 Å². The van der Waals surface area contributed by atoms with Gasteiger partial charge < -0.3 is 5.32 Å². The molecule has 0 saturated heterocycles. The molecule has 0 bridgehead atoms. The summed E-state index contributed by atoms with van der Waals surface area (Å²) in [5.41, 5.74) is 0.427. The van der Waals surface area contributed by atoms with Crippen LogP contribution in [-0.4, -0.2) is 15.0 Å². The first kappa shape index (κ1) is 13.9. The van der Waals surface area contributed by atoms with Gasteiger partial charge >= 0.3 is 0 Å². The van der Waals surface area contributed by atoms with Crippen molar-refractivity contribution in [3.05, 3.63) is 52.5 Å². The summed E-state index contributed by atoms with van der Waals surface area (Å²) in [5.74, 6) is -1.93. The van der Waals surface area contributed by atoms with Gasteiger partial charge in [0.2, 0.25) is 0 Å². The van der Waals surface area contributed by atoms with Crippen molar-refractivity contribution in [2.45, 2.75) is 0 Å². The third-order valence-electron chi connectivity index (χ3n) is 2.78. The molecule has 0 atom stereocenters. The summed E-state index contributed by atoms with van der Waals surface area (Å²) in [7, 11) is 0. The Kier molecular flexibility index (Phi) is 3.57. The van der Waals surface area contributed by atoms with E-state index in [0.29, 0.717) is 10.9 Å². The molecule has 2 aromatic heterocycles. The van der Waals surface area contributed by atoms with Gasteiger partial charge in [-0.1, -0.05) is 23.2 Å². The van der Waals surface area contributed by atoms with Crippen molar-refractivity contribution in [3.8, 4) is 0 Å². The van der Waals surface area contributed by atoms with E-state index in [1.54, 1.807) is 0 Å². The number of fused-ring (bicyclic) bond motifs is 1. The molecule has 0 spiro atoms. The van der Waals surface area contributed by atoms with Gasteiger partial charge in [-0.05, 0) is 18.2 Å². The molecular weight excluding hydrogens is 321 g/mol. The zero-order valence-corrected chi connectivity index (χ0v) is 11.8. The van der Waals surface area contributed by atoms with E-state index >= 15 is 0 Å². The second-order valence-electron chi connectivity index (χ2n) is 4.09. The molecule has 3 rings (SSSR count). The minimum absolute atomic E-state index is 0.0927. The summed E-state index contributed by atoms with van der Waals surface area (Å²) in [4.78, 5) is 11.9. The number of nitrogens with one attached hydrogen (secondary N) is 1. The standard InChI is InChI=1S/C13H6Cl2F2N4/c14-7-1-2-8(12(17)11(7)16)21-13-6-3-10(15)18-4-9(6)19-5-20-13/h1-5H,(H,19,20,21). The van der Waals surface area contributed by atoms with Gasteiger partial charge in [0.15, 0.2) is 11.6 Å². The number of aromatic nitrogens is 3. The molecule has 21 heavy (non-hydrogen) atoms. The zero-order chi connectivity index (χ0) is 15.0. The summed E-state index contributed by atoms with van der Waals surface area (Å²) in [5, 5.41) is 3.18. The highest BCUT2D eigenvalue weighted by atomic mass is 35.5. The first-order valence-electron chi connectivity index (χ1n) is 5.73. The lowest BCUT2D eigenvalue weighted by Crippen LogP contribution is -2.00. The topological polar surface area (TPSA) is 50.7 Å². The van der Waals surface area contributed by atoms with Crippen LogP contribution in [0, 0.1) is 11.6 Å². The SMILES string of the molecule is Fc1c(Cl)ccc(Nc2ncnc3cnc(Cl)cc23)c1F. The van der Waals surface area contributed by atoms with Crippen LogP contribution in [-0.2, 0) is 0 Å². The molecule has 0 saturated carbocycles. The van der Waals surface area contributed by atoms with Gasteiger partial charge in [-0.15, -0.1) is 0 Å². The number of hydrogen-bond acceptors (Lipinski definition) is 4. The number of rotatable bonds is 2. The van der Waals surface area contributed by atoms with Gasteiger partial charge in [0.1, 0.15) is 17.3 Å². The van der Waals surface area contributed by atoms with E-state index in [1.807, 2.05) is 0 Å². The van der Waals surface area contributed by atoms with E-state index in [0.717, 1.165) is 0 Å². The third kappa shape index (κ3) is 2.59. The molecule has 0 aliphatic rings. The highest BCUT2D eigenvalue weighted by molar-refractivity contribution is 6.31. The number of nitrogens with zero attached hydrogens (tertiary/aromatic N) is 3. The summed E-state index contributed by atoms with van der Waals surface area (Å²) in [6.45, 7) is 0. The molecule has 2 heterocycles. The predicted molar refractivity (Wildman–Crippen MR) is 77.0 cm³/mol. The normalized spacial score (nSPS) is 10.9. The van der Waals surface area contributed by atoms with E-state index in [2.05, 4.69) is 20.3 Å². The Morgan fingerprint density at radius 3 is 2.62 bits per heavy atom. The van der Waals surface area contributed by atoms with Gasteiger partial charge in [-0.2, -0.15) is 0 Å². The Hall–Kier alpha value is -2.05. The molecule has 0 radical (unpaired) electrons. The molecule has 0 unspecified atom stereocenters. The largest absolute Gasteiger partial charge is 0.337 e. The monoisotopic (exact) mass is 326 g/mol. The van der Waals surface area contributed by atoms with E-state index in [4.69, 9.17) is 23.2 Å². The van der Waals surface area contributed by atoms with Crippen LogP contribution in [0.1, 0.15) is 0 Å². The Morgan fingerprint density at radius 2 is 1.81 bits per heavy atom. The highest BCUT2D eigenvalue weighted by Crippen LogP contribution is 2.28. The fraction of sp³-hybridized carbons (Fsp3) is 0. The molecule has 1 aromatic carbocycles. The molecule has 0 amide bonds. The Labute approximate surface area is 127 Å². The third-order valence-corrected chi connectivity index (χ3v) is 3.28. The maximum atomic E-state index is 13.8. The van der Waals surface area contributed by atoms with Crippen LogP contribution in [0.4, 0.5) is 20.3 Å². The molecule has 4 nitrogen and oxygen atoms in total. The Bertz CT molecular complexity index is 842. The molecule has 0 fully saturated rings. The van der Waals surface area contributed by atoms with Crippen molar-refractivity contribution < 1.29 is 8.78 Å². The highest BCUT2D eigenvalue weighted by Gasteiger charge is 2.14. The lowest BCUT2D eigenvalue weighted by Gasteiger charge is -2.10. The predicted octanol–water partition coefficient (Wildman–Crippen LogP) is 4.35. The van der Waals surface area contributed by atoms with Crippen LogP contribution in [0.5, 0.6) is 0 Å². The van der Waals surface area contributed by atoms with E-state index in [1.165, 1.54) is 30.7 Å². The lowest BCUT2D eigenvalue weighted by molar-refractivity contribution is 0.512. The molecule has 106 valence electrons. The van der Waals surface area contributed by atoms with E-state index in [9.17, 15) is 8.78 Å². The maximum Gasteiger partial charge on any atom is 0.183 e. The minimum Gasteiger partial charge on any atom is -0.337 e. The average Bonchev–Trinajstić information content (AvgIpc) is 2.48. The molecule has 0 aliphatic heterocycles. The number of halogens is 4. The number of benzene rings is 1. The van der Waals surface area contributed by atoms with E-state index in [-0.39, 0.29) is 21.7 Å². The number of anilines is 2.